The molecule has 1 aliphatic heterocycles. The molecule has 1 fully saturated rings. The van der Waals surface area contributed by atoms with E-state index in [0.717, 1.165) is 128 Å². The molecule has 746 valence electrons. The van der Waals surface area contributed by atoms with Crippen LogP contribution in [0.4, 0.5) is 0 Å². The monoisotopic (exact) mass is 1990 g/mol. The quantitative estimate of drug-likeness (QED) is 0.00449. The first-order valence-corrected chi connectivity index (χ1v) is 56.0. The van der Waals surface area contributed by atoms with E-state index in [1.54, 1.807) is 91.9 Å². The van der Waals surface area contributed by atoms with Gasteiger partial charge in [-0.15, -0.1) is 17.2 Å². The Kier molecular flexibility index (Phi) is 124. The molecule has 1 saturated heterocycles. The number of ether oxygens (including phenoxy) is 11. The molecule has 0 bridgehead atoms. The van der Waals surface area contributed by atoms with Gasteiger partial charge in [-0.2, -0.15) is 13.3 Å². The summed E-state index contributed by atoms with van der Waals surface area (Å²) >= 11 is 5.53. The summed E-state index contributed by atoms with van der Waals surface area (Å²) in [5.41, 5.74) is -0.750. The molecule has 1 aliphatic rings. The molecule has 0 aromatic heterocycles. The third kappa shape index (κ3) is 103. The maximum absolute atomic E-state index is 10.1. The number of unbranched alkanes of at least 4 members (excludes halogenated alkanes) is 25. The van der Waals surface area contributed by atoms with Crippen LogP contribution >= 0.6 is 16.5 Å². The molecular weight excluding hydrogens is 1800 g/mol. The molecule has 3 aromatic rings. The average Bonchev–Trinajstić information content (AvgIpc) is 0.896. The molecule has 0 aliphatic carbocycles. The number of carbonyl (C=O) groups excluding carboxylic acids is 2. The third-order valence-corrected chi connectivity index (χ3v) is 33.8. The third-order valence-electron chi connectivity index (χ3n) is 19.7. The second-order valence-electron chi connectivity index (χ2n) is 32.2. The first kappa shape index (κ1) is 138. The van der Waals surface area contributed by atoms with Gasteiger partial charge in [0.25, 0.3) is 0 Å². The number of hydrogen-bond donors (Lipinski definition) is 0. The number of methoxy groups -OCH3 is 10. The minimum Gasteiger partial charge on any atom is -0.356 e. The molecule has 3 aromatic carbocycles. The van der Waals surface area contributed by atoms with Crippen molar-refractivity contribution in [3.05, 3.63) is 207 Å². The minimum atomic E-state index is -1.58. The second kappa shape index (κ2) is 117. The van der Waals surface area contributed by atoms with E-state index in [1.807, 2.05) is 13.0 Å². The van der Waals surface area contributed by atoms with Crippen molar-refractivity contribution in [1.82, 2.24) is 0 Å². The molecule has 1 heterocycles. The van der Waals surface area contributed by atoms with Crippen molar-refractivity contribution in [2.75, 3.05) is 94.6 Å². The zero-order valence-electron chi connectivity index (χ0n) is 86.2. The van der Waals surface area contributed by atoms with Gasteiger partial charge in [0, 0.05) is 96.6 Å². The number of halogens is 2. The summed E-state index contributed by atoms with van der Waals surface area (Å²) in [4.78, 5) is 17.5. The molecule has 0 spiro atoms. The van der Waals surface area contributed by atoms with Gasteiger partial charge in [0.2, 0.25) is 0 Å². The second-order valence-corrected chi connectivity index (χ2v) is 43.0. The van der Waals surface area contributed by atoms with E-state index in [4.69, 9.17) is 63.7 Å². The number of allylic oxidation sites excluding steroid dienone is 18. The van der Waals surface area contributed by atoms with Crippen molar-refractivity contribution in [2.45, 2.75) is 381 Å². The molecule has 0 radical (unpaired) electrons. The topological polar surface area (TPSA) is 159 Å². The van der Waals surface area contributed by atoms with Crippen LogP contribution < -0.4 is 93.1 Å². The van der Waals surface area contributed by atoms with Gasteiger partial charge in [-0.25, -0.2) is 0 Å². The first-order chi connectivity index (χ1) is 63.0. The summed E-state index contributed by atoms with van der Waals surface area (Å²) < 4.78 is 58.0. The number of benzene rings is 3. The Morgan fingerprint density at radius 3 is 0.892 bits per heavy atom. The smallest absolute Gasteiger partial charge is 0.356 e. The Balaban J connectivity index is -0.000000357. The fraction of sp³-hybridized carbons (Fsp3) is 0.652. The summed E-state index contributed by atoms with van der Waals surface area (Å²) in [7, 11) is 17.0. The number of aldehydes is 2. The zero-order chi connectivity index (χ0) is 96.2. The fourth-order valence-corrected chi connectivity index (χ4v) is 26.0. The Morgan fingerprint density at radius 2 is 0.638 bits per heavy atom. The normalized spacial score (nSPS) is 12.2. The molecule has 130 heavy (non-hydrogen) atoms. The van der Waals surface area contributed by atoms with Crippen molar-refractivity contribution in [3.63, 3.8) is 0 Å². The van der Waals surface area contributed by atoms with Gasteiger partial charge in [-0.05, 0) is 186 Å². The van der Waals surface area contributed by atoms with Crippen LogP contribution in [0.5, 0.6) is 0 Å². The van der Waals surface area contributed by atoms with E-state index < -0.39 is 10.5 Å². The maximum atomic E-state index is 10.1. The van der Waals surface area contributed by atoms with Crippen LogP contribution in [0, 0.1) is 6.42 Å². The average molecular weight is 2000 g/mol. The summed E-state index contributed by atoms with van der Waals surface area (Å²) in [6, 6.07) is 33.9. The van der Waals surface area contributed by atoms with Gasteiger partial charge < -0.3 is 59.0 Å². The molecule has 0 N–H and O–H groups in total. The van der Waals surface area contributed by atoms with Gasteiger partial charge in [0.15, 0.2) is 25.2 Å². The number of carbonyl (C=O) groups is 2. The SMILES string of the molecule is C1CCOC1.CC(C)(C)[O-].CC/C=C/C=C\CC/C=C\CCCCCC(OC)OC.CC/C=C/C=O.CCCC/C=C\CC/C=C\CCCCCC(OC)OC.CCCCC=O.COC(CCCCC/C=C\CCCCl)OC.COC(CCCCC/C=C\CCC[I-][P+](c1ccccc1)(c1ccccc1)c1ccccc1)OC.C[CH-]CC/C=C\CCCCCC(OC)OC.[K+]. The van der Waals surface area contributed by atoms with E-state index in [0.29, 0.717) is 0 Å². The van der Waals surface area contributed by atoms with Crippen LogP contribution in [0.25, 0.3) is 0 Å². The molecule has 14 nitrogen and oxygen atoms in total. The van der Waals surface area contributed by atoms with Crippen molar-refractivity contribution in [1.29, 1.82) is 0 Å². The molecule has 4 rings (SSSR count). The molecular formula is C112H193ClIKO14P-. The van der Waals surface area contributed by atoms with Gasteiger partial charge >= 0.3 is 261 Å². The van der Waals surface area contributed by atoms with E-state index >= 15 is 0 Å². The predicted molar refractivity (Wildman–Crippen MR) is 555 cm³/mol. The Hall–Kier alpha value is -2.73. The standard InChI is InChI=1S/C31H40IO2P.C18H34O2.C18H32O2.C14H27O2.C13H25ClO2.C5H10O.C5H8O.C4H8O.C4H9O.K/c1-33-31(34-2)26-18-7-5-3-4-6-8-19-27-32-35(28-20-12-9-13-21-28,29-22-14-10-15-23-29)30-24-16-11-17-25-30;2*1-4-5-6-7-8-9-10-11-12-13-14-15-16-17-18(19-2)20-3;1-4-5-6-7-8-9-10-11-12-13-14(15-2)16-3;1-15-13(16-2)11-9-7-5-3-4-6-8-10-12-14;2*1-2-3-4-5-6;1-2-4-5-3-1;1-4(2,3)5;/h4,6,9-17,20-25,31H,3,5,7-8,18-19,26-27H2,1-2H3;7-8,11-12,18H,4-6,9-10,13-17H2,1-3H3;5-8,11-12,18H,4,9-10,13-17H2,1-3H3;4,7-8,14H,5-6,9-13H2,1-3H3;4,6,13H,3,5,7-12H2,1-2H3;5H,2-4H2,1H3;3-5H,2H2,1H3;1-4H2;1-3H3;/q;;;-1;;;;;-1;+1/b6-4-;8-7-,12-11-;6-5+,8-7-,12-11-;8-7-;6-4-;;4-3+;;;. The van der Waals surface area contributed by atoms with Crippen molar-refractivity contribution in [2.24, 2.45) is 0 Å². The van der Waals surface area contributed by atoms with E-state index in [2.05, 4.69) is 222 Å². The van der Waals surface area contributed by atoms with Crippen LogP contribution in [0.3, 0.4) is 0 Å². The van der Waals surface area contributed by atoms with Crippen LogP contribution in [-0.4, -0.2) is 144 Å². The van der Waals surface area contributed by atoms with Crippen molar-refractivity contribution in [3.8, 4) is 0 Å². The number of alkyl halides is 2. The summed E-state index contributed by atoms with van der Waals surface area (Å²) in [5.74, 6) is 0.764. The molecule has 0 saturated carbocycles. The number of hydrogen-bond acceptors (Lipinski definition) is 14. The van der Waals surface area contributed by atoms with Crippen LogP contribution in [0.2, 0.25) is 0 Å². The van der Waals surface area contributed by atoms with Crippen LogP contribution in [0.15, 0.2) is 200 Å². The van der Waals surface area contributed by atoms with Gasteiger partial charge in [-0.1, -0.05) is 191 Å². The van der Waals surface area contributed by atoms with Gasteiger partial charge in [0.1, 0.15) is 12.6 Å². The van der Waals surface area contributed by atoms with Gasteiger partial charge in [0.05, 0.1) is 0 Å². The minimum absolute atomic E-state index is 0. The number of rotatable bonds is 70. The van der Waals surface area contributed by atoms with E-state index in [1.165, 1.54) is 219 Å². The van der Waals surface area contributed by atoms with Crippen molar-refractivity contribution >= 4 is 45.0 Å². The van der Waals surface area contributed by atoms with Crippen molar-refractivity contribution < 1.29 is 139 Å². The molecule has 0 unspecified atom stereocenters. The predicted octanol–water partition coefficient (Wildman–Crippen LogP) is 23.7. The van der Waals surface area contributed by atoms with Crippen LogP contribution in [0.1, 0.15) is 344 Å². The van der Waals surface area contributed by atoms with E-state index in [-0.39, 0.29) is 103 Å². The molecule has 18 heteroatoms. The van der Waals surface area contributed by atoms with Crippen LogP contribution in [-0.2, 0) is 61.7 Å². The summed E-state index contributed by atoms with van der Waals surface area (Å²) in [6.07, 6.45) is 95.8. The Morgan fingerprint density at radius 1 is 0.369 bits per heavy atom. The van der Waals surface area contributed by atoms with E-state index in [9.17, 15) is 14.7 Å². The molecule has 0 amide bonds. The molecule has 0 atom stereocenters. The summed E-state index contributed by atoms with van der Waals surface area (Å²) in [6.45, 7) is 17.4. The Bertz CT molecular complexity index is 2780. The van der Waals surface area contributed by atoms with Gasteiger partial charge in [-0.3, -0.25) is 4.79 Å². The Labute approximate surface area is 858 Å². The summed E-state index contributed by atoms with van der Waals surface area (Å²) in [5, 5.41) is 14.7. The first-order valence-electron chi connectivity index (χ1n) is 49.4. The fourth-order valence-electron chi connectivity index (χ4n) is 12.3. The zero-order valence-corrected chi connectivity index (χ0v) is 93.2.